The molecule has 0 saturated heterocycles. The van der Waals surface area contributed by atoms with Gasteiger partial charge in [0.05, 0.1) is 4.92 Å². The van der Waals surface area contributed by atoms with E-state index >= 15 is 0 Å². The van der Waals surface area contributed by atoms with Gasteiger partial charge in [0.15, 0.2) is 0 Å². The summed E-state index contributed by atoms with van der Waals surface area (Å²) in [6.45, 7) is 0. The number of halogens is 2. The first-order chi connectivity index (χ1) is 10.3. The zero-order chi connectivity index (χ0) is 16.3. The van der Waals surface area contributed by atoms with E-state index < -0.39 is 15.0 Å². The molecule has 0 aromatic heterocycles. The average molecular weight is 451 g/mol. The number of hydrogen-bond donors (Lipinski definition) is 0. The molecule has 0 spiro atoms. The van der Waals surface area contributed by atoms with Crippen LogP contribution in [0.5, 0.6) is 5.75 Å². The van der Waals surface area contributed by atoms with E-state index in [4.69, 9.17) is 4.18 Å². The standard InChI is InChI=1S/C13H9Br2NO5S/c14-8-9-7-11(3-6-13(9)15)21-22(19,20)12-4-1-10(2-5-12)16(17)18/h1-7H,8H2. The maximum absolute atomic E-state index is 12.2. The van der Waals surface area contributed by atoms with Gasteiger partial charge in [0.2, 0.25) is 0 Å². The number of non-ortho nitro benzene ring substituents is 1. The molecule has 6 nitrogen and oxygen atoms in total. The van der Waals surface area contributed by atoms with E-state index in [0.717, 1.165) is 34.3 Å². The SMILES string of the molecule is O=[N+]([O-])c1ccc(S(=O)(=O)Oc2ccc(Br)c(CBr)c2)cc1. The number of nitro groups is 1. The molecule has 0 N–H and O–H groups in total. The Morgan fingerprint density at radius 3 is 2.32 bits per heavy atom. The van der Waals surface area contributed by atoms with Gasteiger partial charge in [-0.15, -0.1) is 0 Å². The molecule has 0 aliphatic rings. The molecule has 2 rings (SSSR count). The van der Waals surface area contributed by atoms with Crippen molar-refractivity contribution in [1.82, 2.24) is 0 Å². The predicted molar refractivity (Wildman–Crippen MR) is 87.7 cm³/mol. The molecule has 0 unspecified atom stereocenters. The highest BCUT2D eigenvalue weighted by molar-refractivity contribution is 9.10. The molecule has 116 valence electrons. The number of nitrogens with zero attached hydrogens (tertiary/aromatic N) is 1. The maximum Gasteiger partial charge on any atom is 0.339 e. The largest absolute Gasteiger partial charge is 0.379 e. The number of alkyl halides is 1. The van der Waals surface area contributed by atoms with Gasteiger partial charge in [0.1, 0.15) is 10.6 Å². The minimum atomic E-state index is -4.05. The number of hydrogen-bond acceptors (Lipinski definition) is 5. The van der Waals surface area contributed by atoms with Crippen LogP contribution >= 0.6 is 31.9 Å². The topological polar surface area (TPSA) is 86.5 Å². The minimum Gasteiger partial charge on any atom is -0.379 e. The van der Waals surface area contributed by atoms with Crippen LogP contribution in [-0.4, -0.2) is 13.3 Å². The monoisotopic (exact) mass is 449 g/mol. The second-order valence-electron chi connectivity index (χ2n) is 4.18. The van der Waals surface area contributed by atoms with E-state index in [9.17, 15) is 18.5 Å². The molecule has 0 aliphatic heterocycles. The lowest BCUT2D eigenvalue weighted by molar-refractivity contribution is -0.384. The fraction of sp³-hybridized carbons (Fsp3) is 0.0769. The lowest BCUT2D eigenvalue weighted by Crippen LogP contribution is -2.10. The third kappa shape index (κ3) is 3.84. The van der Waals surface area contributed by atoms with Crippen LogP contribution in [0.2, 0.25) is 0 Å². The summed E-state index contributed by atoms with van der Waals surface area (Å²) in [7, 11) is -4.05. The van der Waals surface area contributed by atoms with E-state index in [1.54, 1.807) is 12.1 Å². The van der Waals surface area contributed by atoms with Crippen molar-refractivity contribution in [2.24, 2.45) is 0 Å². The summed E-state index contributed by atoms with van der Waals surface area (Å²) in [6, 6.07) is 9.27. The Labute approximate surface area is 143 Å². The van der Waals surface area contributed by atoms with E-state index in [1.165, 1.54) is 6.07 Å². The minimum absolute atomic E-state index is 0.151. The Hall–Kier alpha value is -1.45. The maximum atomic E-state index is 12.2. The van der Waals surface area contributed by atoms with Gasteiger partial charge in [0.25, 0.3) is 5.69 Å². The first kappa shape index (κ1) is 16.9. The van der Waals surface area contributed by atoms with Crippen molar-refractivity contribution in [2.75, 3.05) is 0 Å². The summed E-state index contributed by atoms with van der Waals surface area (Å²) < 4.78 is 30.2. The van der Waals surface area contributed by atoms with Crippen LogP contribution in [0.15, 0.2) is 51.8 Å². The molecule has 0 amide bonds. The van der Waals surface area contributed by atoms with Crippen molar-refractivity contribution in [1.29, 1.82) is 0 Å². The highest BCUT2D eigenvalue weighted by Gasteiger charge is 2.18. The van der Waals surface area contributed by atoms with Gasteiger partial charge in [-0.3, -0.25) is 10.1 Å². The Morgan fingerprint density at radius 2 is 1.77 bits per heavy atom. The fourth-order valence-electron chi connectivity index (χ4n) is 1.61. The molecule has 0 heterocycles. The van der Waals surface area contributed by atoms with E-state index in [-0.39, 0.29) is 16.3 Å². The van der Waals surface area contributed by atoms with Gasteiger partial charge in [-0.25, -0.2) is 0 Å². The highest BCUT2D eigenvalue weighted by Crippen LogP contribution is 2.27. The quantitative estimate of drug-likeness (QED) is 0.297. The van der Waals surface area contributed by atoms with Crippen molar-refractivity contribution in [3.05, 3.63) is 62.6 Å². The molecule has 0 saturated carbocycles. The first-order valence-electron chi connectivity index (χ1n) is 5.87. The van der Waals surface area contributed by atoms with Gasteiger partial charge in [-0.05, 0) is 35.9 Å². The molecule has 0 atom stereocenters. The smallest absolute Gasteiger partial charge is 0.339 e. The van der Waals surface area contributed by atoms with Gasteiger partial charge >= 0.3 is 10.1 Å². The van der Waals surface area contributed by atoms with Gasteiger partial charge in [0, 0.05) is 21.9 Å². The van der Waals surface area contributed by atoms with Crippen molar-refractivity contribution < 1.29 is 17.5 Å². The summed E-state index contributed by atoms with van der Waals surface area (Å²) in [6.07, 6.45) is 0. The Morgan fingerprint density at radius 1 is 1.14 bits per heavy atom. The molecule has 9 heteroatoms. The molecule has 0 radical (unpaired) electrons. The van der Waals surface area contributed by atoms with Gasteiger partial charge in [-0.2, -0.15) is 8.42 Å². The summed E-state index contributed by atoms with van der Waals surface area (Å²) in [4.78, 5) is 9.82. The van der Waals surface area contributed by atoms with Crippen LogP contribution in [0.3, 0.4) is 0 Å². The number of rotatable bonds is 5. The molecular formula is C13H9Br2NO5S. The second-order valence-corrected chi connectivity index (χ2v) is 7.14. The summed E-state index contributed by atoms with van der Waals surface area (Å²) in [5.41, 5.74) is 0.639. The zero-order valence-corrected chi connectivity index (χ0v) is 14.9. The first-order valence-corrected chi connectivity index (χ1v) is 9.19. The third-order valence-electron chi connectivity index (χ3n) is 2.70. The molecule has 22 heavy (non-hydrogen) atoms. The van der Waals surface area contributed by atoms with Crippen LogP contribution in [-0.2, 0) is 15.4 Å². The van der Waals surface area contributed by atoms with Crippen LogP contribution in [0.1, 0.15) is 5.56 Å². The Kier molecular flexibility index (Phi) is 5.20. The Bertz CT molecular complexity index is 806. The molecule has 0 aliphatic carbocycles. The van der Waals surface area contributed by atoms with E-state index in [2.05, 4.69) is 31.9 Å². The van der Waals surface area contributed by atoms with E-state index in [0.29, 0.717) is 5.33 Å². The zero-order valence-electron chi connectivity index (χ0n) is 10.9. The molecular weight excluding hydrogens is 442 g/mol. The van der Waals surface area contributed by atoms with Crippen molar-refractivity contribution in [3.8, 4) is 5.75 Å². The van der Waals surface area contributed by atoms with Crippen molar-refractivity contribution in [2.45, 2.75) is 10.2 Å². The summed E-state index contributed by atoms with van der Waals surface area (Å²) in [5, 5.41) is 11.1. The fourth-order valence-corrected chi connectivity index (χ4v) is 3.76. The van der Waals surface area contributed by atoms with Gasteiger partial charge < -0.3 is 4.18 Å². The lowest BCUT2D eigenvalue weighted by atomic mass is 10.2. The lowest BCUT2D eigenvalue weighted by Gasteiger charge is -2.09. The van der Waals surface area contributed by atoms with Crippen LogP contribution in [0.25, 0.3) is 0 Å². The van der Waals surface area contributed by atoms with E-state index in [1.807, 2.05) is 0 Å². The number of nitro benzene ring substituents is 1. The third-order valence-corrected chi connectivity index (χ3v) is 5.34. The predicted octanol–water partition coefficient (Wildman–Crippen LogP) is 4.02. The van der Waals surface area contributed by atoms with Crippen LogP contribution < -0.4 is 4.18 Å². The average Bonchev–Trinajstić information content (AvgIpc) is 2.49. The van der Waals surface area contributed by atoms with Crippen molar-refractivity contribution in [3.63, 3.8) is 0 Å². The second kappa shape index (κ2) is 6.76. The Balaban J connectivity index is 2.29. The summed E-state index contributed by atoms with van der Waals surface area (Å²) in [5.74, 6) is 0.163. The number of benzene rings is 2. The molecule has 2 aromatic carbocycles. The highest BCUT2D eigenvalue weighted by atomic mass is 79.9. The van der Waals surface area contributed by atoms with Gasteiger partial charge in [-0.1, -0.05) is 31.9 Å². The molecule has 2 aromatic rings. The van der Waals surface area contributed by atoms with Crippen molar-refractivity contribution >= 4 is 47.7 Å². The molecule has 0 bridgehead atoms. The normalized spacial score (nSPS) is 11.2. The van der Waals surface area contributed by atoms with Crippen LogP contribution in [0, 0.1) is 10.1 Å². The molecule has 0 fully saturated rings. The summed E-state index contributed by atoms with van der Waals surface area (Å²) >= 11 is 6.63. The van der Waals surface area contributed by atoms with Crippen LogP contribution in [0.4, 0.5) is 5.69 Å².